The molecule has 2 aromatic carbocycles. The molecule has 1 saturated heterocycles. The SMILES string of the molecule is CC(c1ccnc(NNC(=O)c2ccccc2)c1)C1NC(=O)N(c2ccc(SC(F)(F)F)cc2)C1=O. The number of halogens is 3. The Kier molecular flexibility index (Phi) is 7.15. The molecular formula is C24H20F3N5O3S. The van der Waals surface area contributed by atoms with Gasteiger partial charge >= 0.3 is 11.5 Å². The molecule has 1 fully saturated rings. The first-order valence-corrected chi connectivity index (χ1v) is 11.5. The Morgan fingerprint density at radius 1 is 1.08 bits per heavy atom. The largest absolute Gasteiger partial charge is 0.446 e. The van der Waals surface area contributed by atoms with Gasteiger partial charge in [-0.1, -0.05) is 25.1 Å². The van der Waals surface area contributed by atoms with Crippen molar-refractivity contribution in [2.24, 2.45) is 0 Å². The number of aromatic nitrogens is 1. The minimum Gasteiger partial charge on any atom is -0.325 e. The fourth-order valence-electron chi connectivity index (χ4n) is 3.65. The van der Waals surface area contributed by atoms with E-state index in [0.29, 0.717) is 16.9 Å². The summed E-state index contributed by atoms with van der Waals surface area (Å²) in [5.41, 5.74) is 2.12. The van der Waals surface area contributed by atoms with Gasteiger partial charge in [0.2, 0.25) is 0 Å². The van der Waals surface area contributed by atoms with Crippen LogP contribution in [0.25, 0.3) is 0 Å². The molecule has 3 aromatic rings. The fourth-order valence-corrected chi connectivity index (χ4v) is 4.19. The van der Waals surface area contributed by atoms with Gasteiger partial charge in [0.1, 0.15) is 11.9 Å². The molecule has 1 aromatic heterocycles. The molecule has 36 heavy (non-hydrogen) atoms. The maximum absolute atomic E-state index is 13.1. The first-order valence-electron chi connectivity index (χ1n) is 10.7. The van der Waals surface area contributed by atoms with Crippen molar-refractivity contribution >= 4 is 41.1 Å². The summed E-state index contributed by atoms with van der Waals surface area (Å²) in [5, 5.41) is 2.64. The highest BCUT2D eigenvalue weighted by Gasteiger charge is 2.42. The summed E-state index contributed by atoms with van der Waals surface area (Å²) in [5.74, 6) is -1.04. The lowest BCUT2D eigenvalue weighted by molar-refractivity contribution is -0.118. The molecule has 2 atom stereocenters. The summed E-state index contributed by atoms with van der Waals surface area (Å²) in [6.07, 6.45) is 1.50. The summed E-state index contributed by atoms with van der Waals surface area (Å²) >= 11 is -0.280. The zero-order valence-corrected chi connectivity index (χ0v) is 19.6. The third-order valence-corrected chi connectivity index (χ3v) is 6.19. The molecule has 4 amide bonds. The molecule has 0 radical (unpaired) electrons. The van der Waals surface area contributed by atoms with Gasteiger partial charge in [-0.25, -0.2) is 14.7 Å². The van der Waals surface area contributed by atoms with Crippen LogP contribution < -0.4 is 21.1 Å². The lowest BCUT2D eigenvalue weighted by Crippen LogP contribution is -2.35. The van der Waals surface area contributed by atoms with Gasteiger partial charge in [-0.05, 0) is 65.9 Å². The predicted octanol–water partition coefficient (Wildman–Crippen LogP) is 4.68. The van der Waals surface area contributed by atoms with Gasteiger partial charge in [0.05, 0.1) is 5.69 Å². The van der Waals surface area contributed by atoms with E-state index < -0.39 is 29.4 Å². The highest BCUT2D eigenvalue weighted by Crippen LogP contribution is 2.37. The molecule has 0 spiro atoms. The van der Waals surface area contributed by atoms with Crippen molar-refractivity contribution in [2.45, 2.75) is 29.3 Å². The molecule has 2 unspecified atom stereocenters. The number of hydrogen-bond acceptors (Lipinski definition) is 6. The number of urea groups is 1. The molecule has 0 bridgehead atoms. The predicted molar refractivity (Wildman–Crippen MR) is 128 cm³/mol. The number of thioether (sulfide) groups is 1. The number of pyridine rings is 1. The van der Waals surface area contributed by atoms with Crippen LogP contribution in [0.3, 0.4) is 0 Å². The average Bonchev–Trinajstić information content (AvgIpc) is 3.16. The lowest BCUT2D eigenvalue weighted by atomic mass is 9.94. The van der Waals surface area contributed by atoms with Gasteiger partial charge in [-0.15, -0.1) is 0 Å². The number of hydrogen-bond donors (Lipinski definition) is 3. The Labute approximate surface area is 208 Å². The van der Waals surface area contributed by atoms with Crippen LogP contribution in [0.1, 0.15) is 28.8 Å². The van der Waals surface area contributed by atoms with E-state index in [-0.39, 0.29) is 28.3 Å². The average molecular weight is 516 g/mol. The van der Waals surface area contributed by atoms with Crippen molar-refractivity contribution in [1.29, 1.82) is 0 Å². The minimum atomic E-state index is -4.44. The van der Waals surface area contributed by atoms with Crippen LogP contribution in [-0.4, -0.2) is 34.4 Å². The smallest absolute Gasteiger partial charge is 0.325 e. The van der Waals surface area contributed by atoms with E-state index >= 15 is 0 Å². The Morgan fingerprint density at radius 2 is 1.78 bits per heavy atom. The first kappa shape index (κ1) is 25.0. The van der Waals surface area contributed by atoms with Crippen LogP contribution in [0.15, 0.2) is 77.8 Å². The summed E-state index contributed by atoms with van der Waals surface area (Å²) in [6.45, 7) is 1.75. The number of nitrogens with zero attached hydrogens (tertiary/aromatic N) is 2. The van der Waals surface area contributed by atoms with Crippen molar-refractivity contribution in [3.63, 3.8) is 0 Å². The number of imide groups is 1. The number of carbonyl (C=O) groups excluding carboxylic acids is 3. The number of anilines is 2. The lowest BCUT2D eigenvalue weighted by Gasteiger charge is -2.19. The molecule has 2 heterocycles. The van der Waals surface area contributed by atoms with Crippen LogP contribution in [0.2, 0.25) is 0 Å². The van der Waals surface area contributed by atoms with Crippen LogP contribution in [-0.2, 0) is 4.79 Å². The van der Waals surface area contributed by atoms with Gasteiger partial charge in [0, 0.05) is 22.6 Å². The van der Waals surface area contributed by atoms with Gasteiger partial charge in [-0.2, -0.15) is 13.2 Å². The van der Waals surface area contributed by atoms with Crippen molar-refractivity contribution in [3.05, 3.63) is 84.1 Å². The van der Waals surface area contributed by atoms with Gasteiger partial charge in [-0.3, -0.25) is 20.4 Å². The summed E-state index contributed by atoms with van der Waals surface area (Å²) in [4.78, 5) is 42.9. The van der Waals surface area contributed by atoms with Crippen molar-refractivity contribution in [2.75, 3.05) is 10.3 Å². The van der Waals surface area contributed by atoms with E-state index in [1.807, 2.05) is 0 Å². The topological polar surface area (TPSA) is 103 Å². The molecule has 186 valence electrons. The molecule has 8 nitrogen and oxygen atoms in total. The van der Waals surface area contributed by atoms with E-state index in [9.17, 15) is 27.6 Å². The number of rotatable bonds is 7. The van der Waals surface area contributed by atoms with E-state index in [0.717, 1.165) is 4.90 Å². The number of nitrogens with one attached hydrogen (secondary N) is 3. The molecule has 1 aliphatic rings. The van der Waals surface area contributed by atoms with E-state index in [4.69, 9.17) is 0 Å². The Balaban J connectivity index is 1.43. The van der Waals surface area contributed by atoms with Crippen molar-refractivity contribution in [3.8, 4) is 0 Å². The summed E-state index contributed by atoms with van der Waals surface area (Å²) in [7, 11) is 0. The number of carbonyl (C=O) groups is 3. The summed E-state index contributed by atoms with van der Waals surface area (Å²) < 4.78 is 37.7. The monoisotopic (exact) mass is 515 g/mol. The van der Waals surface area contributed by atoms with Gasteiger partial charge in [0.15, 0.2) is 0 Å². The molecule has 4 rings (SSSR count). The molecule has 1 aliphatic heterocycles. The van der Waals surface area contributed by atoms with E-state index in [1.54, 1.807) is 49.4 Å². The van der Waals surface area contributed by atoms with Crippen LogP contribution in [0, 0.1) is 0 Å². The van der Waals surface area contributed by atoms with Crippen molar-refractivity contribution in [1.82, 2.24) is 15.7 Å². The molecule has 12 heteroatoms. The maximum Gasteiger partial charge on any atom is 0.446 e. The standard InChI is InChI=1S/C24H20F3N5O3S/c1-14(16-11-12-28-19(13-16)30-31-21(33)15-5-3-2-4-6-15)20-22(34)32(23(35)29-20)17-7-9-18(10-8-17)36-24(25,26)27/h2-14,20H,1H3,(H,28,30)(H,29,35)(H,31,33). The normalized spacial score (nSPS) is 16.4. The maximum atomic E-state index is 13.1. The highest BCUT2D eigenvalue weighted by atomic mass is 32.2. The van der Waals surface area contributed by atoms with Crippen molar-refractivity contribution < 1.29 is 27.6 Å². The second kappa shape index (κ2) is 10.3. The zero-order valence-electron chi connectivity index (χ0n) is 18.7. The second-order valence-electron chi connectivity index (χ2n) is 7.85. The van der Waals surface area contributed by atoms with Gasteiger partial charge < -0.3 is 5.32 Å². The third kappa shape index (κ3) is 5.77. The Morgan fingerprint density at radius 3 is 2.44 bits per heavy atom. The second-order valence-corrected chi connectivity index (χ2v) is 8.99. The van der Waals surface area contributed by atoms with Crippen LogP contribution >= 0.6 is 11.8 Å². The number of amides is 4. The number of hydrazine groups is 1. The molecule has 0 saturated carbocycles. The number of alkyl halides is 3. The third-order valence-electron chi connectivity index (χ3n) is 5.45. The highest BCUT2D eigenvalue weighted by molar-refractivity contribution is 8.00. The fraction of sp³-hybridized carbons (Fsp3) is 0.167. The van der Waals surface area contributed by atoms with Crippen LogP contribution in [0.4, 0.5) is 29.5 Å². The first-order chi connectivity index (χ1) is 17.1. The summed E-state index contributed by atoms with van der Waals surface area (Å²) in [6, 6.07) is 15.3. The number of benzene rings is 2. The Bertz CT molecular complexity index is 1270. The van der Waals surface area contributed by atoms with Crippen LogP contribution in [0.5, 0.6) is 0 Å². The molecule has 0 aliphatic carbocycles. The van der Waals surface area contributed by atoms with E-state index in [1.165, 1.54) is 30.5 Å². The van der Waals surface area contributed by atoms with Gasteiger partial charge in [0.25, 0.3) is 11.8 Å². The minimum absolute atomic E-state index is 0.0561. The Hall–Kier alpha value is -4.06. The quantitative estimate of drug-likeness (QED) is 0.240. The molecule has 3 N–H and O–H groups in total. The van der Waals surface area contributed by atoms with E-state index in [2.05, 4.69) is 21.2 Å². The molecular weight excluding hydrogens is 495 g/mol. The zero-order chi connectivity index (χ0) is 25.9.